The van der Waals surface area contributed by atoms with E-state index in [9.17, 15) is 8.42 Å². The highest BCUT2D eigenvalue weighted by Crippen LogP contribution is 2.29. The van der Waals surface area contributed by atoms with Crippen molar-refractivity contribution in [3.8, 4) is 0 Å². The van der Waals surface area contributed by atoms with Crippen molar-refractivity contribution < 1.29 is 8.42 Å². The number of hydrogen-bond donors (Lipinski definition) is 2. The van der Waals surface area contributed by atoms with Crippen LogP contribution in [0.3, 0.4) is 0 Å². The summed E-state index contributed by atoms with van der Waals surface area (Å²) in [5.74, 6) is 0. The Bertz CT molecular complexity index is 593. The summed E-state index contributed by atoms with van der Waals surface area (Å²) in [6, 6.07) is -0.208. The van der Waals surface area contributed by atoms with Crippen molar-refractivity contribution in [1.82, 2.24) is 4.72 Å². The fraction of sp³-hybridized carbons (Fsp3) is 0.625. The number of nitrogens with two attached hydrogens (primary N) is 1. The minimum absolute atomic E-state index is 0.208. The second-order valence-corrected chi connectivity index (χ2v) is 7.45. The summed E-state index contributed by atoms with van der Waals surface area (Å²) in [4.78, 5) is 0.414. The molecular formula is C16H28N2O2S. The van der Waals surface area contributed by atoms with Crippen LogP contribution in [0, 0.1) is 34.6 Å². The molecule has 21 heavy (non-hydrogen) atoms. The Balaban J connectivity index is 3.39. The van der Waals surface area contributed by atoms with E-state index in [1.807, 2.05) is 41.5 Å². The summed E-state index contributed by atoms with van der Waals surface area (Å²) in [6.07, 6.45) is 1.64. The van der Waals surface area contributed by atoms with Crippen molar-refractivity contribution in [2.45, 2.75) is 65.3 Å². The summed E-state index contributed by atoms with van der Waals surface area (Å²) in [5, 5.41) is 0. The van der Waals surface area contributed by atoms with Gasteiger partial charge >= 0.3 is 0 Å². The zero-order valence-corrected chi connectivity index (χ0v) is 14.8. The highest BCUT2D eigenvalue weighted by atomic mass is 32.2. The van der Waals surface area contributed by atoms with E-state index in [2.05, 4.69) is 4.72 Å². The molecule has 0 spiro atoms. The Morgan fingerprint density at radius 2 is 1.38 bits per heavy atom. The summed E-state index contributed by atoms with van der Waals surface area (Å²) >= 11 is 0. The molecular weight excluding hydrogens is 284 g/mol. The first-order valence-electron chi connectivity index (χ1n) is 7.46. The van der Waals surface area contributed by atoms with E-state index < -0.39 is 10.0 Å². The maximum Gasteiger partial charge on any atom is 0.241 e. The third kappa shape index (κ3) is 3.65. The quantitative estimate of drug-likeness (QED) is 0.848. The predicted molar refractivity (Wildman–Crippen MR) is 88.2 cm³/mol. The maximum atomic E-state index is 12.8. The van der Waals surface area contributed by atoms with Crippen LogP contribution in [0.15, 0.2) is 4.90 Å². The van der Waals surface area contributed by atoms with Gasteiger partial charge in [-0.25, -0.2) is 13.1 Å². The van der Waals surface area contributed by atoms with E-state index in [1.165, 1.54) is 0 Å². The van der Waals surface area contributed by atoms with Crippen molar-refractivity contribution in [3.63, 3.8) is 0 Å². The van der Waals surface area contributed by atoms with Crippen LogP contribution >= 0.6 is 0 Å². The van der Waals surface area contributed by atoms with Crippen LogP contribution in [-0.2, 0) is 10.0 Å². The van der Waals surface area contributed by atoms with Crippen molar-refractivity contribution in [1.29, 1.82) is 0 Å². The number of sulfonamides is 1. The van der Waals surface area contributed by atoms with Gasteiger partial charge in [-0.15, -0.1) is 0 Å². The fourth-order valence-electron chi connectivity index (χ4n) is 2.72. The van der Waals surface area contributed by atoms with E-state index >= 15 is 0 Å². The average molecular weight is 312 g/mol. The minimum atomic E-state index is -3.55. The minimum Gasteiger partial charge on any atom is -0.329 e. The van der Waals surface area contributed by atoms with Gasteiger partial charge < -0.3 is 5.73 Å². The lowest BCUT2D eigenvalue weighted by molar-refractivity contribution is 0.526. The first-order chi connectivity index (χ1) is 9.67. The third-order valence-corrected chi connectivity index (χ3v) is 6.24. The van der Waals surface area contributed by atoms with Gasteiger partial charge in [0.1, 0.15) is 0 Å². The normalized spacial score (nSPS) is 13.5. The van der Waals surface area contributed by atoms with Gasteiger partial charge in [0.05, 0.1) is 4.90 Å². The van der Waals surface area contributed by atoms with E-state index in [1.54, 1.807) is 0 Å². The second kappa shape index (κ2) is 6.90. The molecule has 1 aromatic rings. The lowest BCUT2D eigenvalue weighted by Crippen LogP contribution is -2.40. The molecule has 5 heteroatoms. The molecule has 0 saturated carbocycles. The van der Waals surface area contributed by atoms with Crippen LogP contribution < -0.4 is 10.5 Å². The summed E-state index contributed by atoms with van der Waals surface area (Å²) < 4.78 is 28.3. The molecule has 0 fully saturated rings. The lowest BCUT2D eigenvalue weighted by Gasteiger charge is -2.22. The zero-order chi connectivity index (χ0) is 16.4. The SMILES string of the molecule is CCCC(CN)NS(=O)(=O)c1c(C)c(C)c(C)c(C)c1C. The highest BCUT2D eigenvalue weighted by molar-refractivity contribution is 7.89. The number of hydrogen-bond acceptors (Lipinski definition) is 3. The molecule has 0 bridgehead atoms. The fourth-order valence-corrected chi connectivity index (χ4v) is 4.60. The van der Waals surface area contributed by atoms with Crippen LogP contribution in [-0.4, -0.2) is 21.0 Å². The first kappa shape index (κ1) is 18.1. The molecule has 0 aliphatic carbocycles. The van der Waals surface area contributed by atoms with Crippen molar-refractivity contribution in [2.75, 3.05) is 6.54 Å². The summed E-state index contributed by atoms with van der Waals surface area (Å²) in [7, 11) is -3.55. The van der Waals surface area contributed by atoms with Crippen LogP contribution in [0.4, 0.5) is 0 Å². The van der Waals surface area contributed by atoms with E-state index in [-0.39, 0.29) is 6.04 Å². The molecule has 0 amide bonds. The smallest absolute Gasteiger partial charge is 0.241 e. The largest absolute Gasteiger partial charge is 0.329 e. The second-order valence-electron chi connectivity index (χ2n) is 5.80. The van der Waals surface area contributed by atoms with Gasteiger partial charge in [0.15, 0.2) is 0 Å². The standard InChI is InChI=1S/C16H28N2O2S/c1-7-8-15(9-17)18-21(19,20)16-13(5)11(3)10(2)12(4)14(16)6/h15,18H,7-9,17H2,1-6H3. The molecule has 1 aromatic carbocycles. The molecule has 3 N–H and O–H groups in total. The van der Waals surface area contributed by atoms with Gasteiger partial charge in [0.2, 0.25) is 10.0 Å². The molecule has 4 nitrogen and oxygen atoms in total. The molecule has 120 valence electrons. The predicted octanol–water partition coefficient (Wildman–Crippen LogP) is 2.63. The topological polar surface area (TPSA) is 72.2 Å². The average Bonchev–Trinajstić information content (AvgIpc) is 2.42. The lowest BCUT2D eigenvalue weighted by atomic mass is 9.95. The van der Waals surface area contributed by atoms with Gasteiger partial charge in [0.25, 0.3) is 0 Å². The van der Waals surface area contributed by atoms with Gasteiger partial charge in [-0.1, -0.05) is 13.3 Å². The first-order valence-corrected chi connectivity index (χ1v) is 8.95. The molecule has 0 aromatic heterocycles. The van der Waals surface area contributed by atoms with Crippen molar-refractivity contribution >= 4 is 10.0 Å². The Hall–Kier alpha value is -0.910. The van der Waals surface area contributed by atoms with E-state index in [0.29, 0.717) is 11.4 Å². The van der Waals surface area contributed by atoms with Crippen LogP contribution in [0.2, 0.25) is 0 Å². The Kier molecular flexibility index (Phi) is 5.96. The Morgan fingerprint density at radius 1 is 0.952 bits per heavy atom. The summed E-state index contributed by atoms with van der Waals surface area (Å²) in [5.41, 5.74) is 10.6. The van der Waals surface area contributed by atoms with Crippen molar-refractivity contribution in [2.24, 2.45) is 5.73 Å². The molecule has 0 heterocycles. The molecule has 1 unspecified atom stereocenters. The van der Waals surface area contributed by atoms with Crippen LogP contribution in [0.25, 0.3) is 0 Å². The molecule has 0 saturated heterocycles. The highest BCUT2D eigenvalue weighted by Gasteiger charge is 2.25. The molecule has 0 aliphatic heterocycles. The van der Waals surface area contributed by atoms with Gasteiger partial charge in [-0.3, -0.25) is 0 Å². The monoisotopic (exact) mass is 312 g/mol. The Labute approximate surface area is 129 Å². The van der Waals surface area contributed by atoms with Gasteiger partial charge in [-0.2, -0.15) is 0 Å². The van der Waals surface area contributed by atoms with E-state index in [0.717, 1.165) is 40.7 Å². The number of benzene rings is 1. The molecule has 1 atom stereocenters. The van der Waals surface area contributed by atoms with Crippen molar-refractivity contribution in [3.05, 3.63) is 27.8 Å². The Morgan fingerprint density at radius 3 is 1.76 bits per heavy atom. The van der Waals surface area contributed by atoms with Gasteiger partial charge in [-0.05, 0) is 68.9 Å². The molecule has 0 aliphatic rings. The molecule has 0 radical (unpaired) electrons. The molecule has 1 rings (SSSR count). The van der Waals surface area contributed by atoms with Crippen LogP contribution in [0.5, 0.6) is 0 Å². The van der Waals surface area contributed by atoms with Gasteiger partial charge in [0, 0.05) is 12.6 Å². The van der Waals surface area contributed by atoms with Crippen LogP contribution in [0.1, 0.15) is 47.6 Å². The number of nitrogens with one attached hydrogen (secondary N) is 1. The maximum absolute atomic E-state index is 12.8. The zero-order valence-electron chi connectivity index (χ0n) is 14.0. The number of rotatable bonds is 6. The van der Waals surface area contributed by atoms with E-state index in [4.69, 9.17) is 5.73 Å². The third-order valence-electron chi connectivity index (χ3n) is 4.44. The summed E-state index contributed by atoms with van der Waals surface area (Å²) in [6.45, 7) is 12.1.